The van der Waals surface area contributed by atoms with Crippen LogP contribution in [-0.4, -0.2) is 24.4 Å². The molecule has 0 bridgehead atoms. The molecule has 0 aromatic heterocycles. The smallest absolute Gasteiger partial charge is 0.119 e. The van der Waals surface area contributed by atoms with Crippen LogP contribution in [0.1, 0.15) is 42.1 Å². The minimum atomic E-state index is -0.538. The number of aliphatic hydroxyl groups excluding tert-OH is 1. The molecule has 2 aromatic carbocycles. The maximum atomic E-state index is 10.1. The van der Waals surface area contributed by atoms with Gasteiger partial charge in [0, 0.05) is 12.6 Å². The van der Waals surface area contributed by atoms with Crippen LogP contribution in [0.5, 0.6) is 5.75 Å². The zero-order valence-corrected chi connectivity index (χ0v) is 16.4. The summed E-state index contributed by atoms with van der Waals surface area (Å²) in [5, 5.41) is 13.5. The largest absolute Gasteiger partial charge is 0.491 e. The third-order valence-corrected chi connectivity index (χ3v) is 4.47. The standard InChI is InChI=1S/C21H29NO2.ClH/c1-5-18-7-9-19(10-8-18)17(4)22-13-20(23)14-24-21-11-6-15(2)16(3)12-21;/h6-12,17,20,22-23H,5,13-14H2,1-4H3;1H. The summed E-state index contributed by atoms with van der Waals surface area (Å²) in [5.74, 6) is 0.806. The van der Waals surface area contributed by atoms with Crippen molar-refractivity contribution in [3.8, 4) is 5.75 Å². The highest BCUT2D eigenvalue weighted by atomic mass is 35.5. The van der Waals surface area contributed by atoms with Crippen LogP contribution in [0.4, 0.5) is 0 Å². The van der Waals surface area contributed by atoms with Gasteiger partial charge in [-0.25, -0.2) is 0 Å². The summed E-state index contributed by atoms with van der Waals surface area (Å²) in [4.78, 5) is 0. The van der Waals surface area contributed by atoms with Gasteiger partial charge in [0.05, 0.1) is 0 Å². The third-order valence-electron chi connectivity index (χ3n) is 4.47. The Morgan fingerprint density at radius 3 is 2.32 bits per heavy atom. The van der Waals surface area contributed by atoms with Gasteiger partial charge in [0.2, 0.25) is 0 Å². The number of hydrogen-bond acceptors (Lipinski definition) is 3. The molecule has 0 aliphatic heterocycles. The van der Waals surface area contributed by atoms with Crippen molar-refractivity contribution in [2.45, 2.75) is 46.3 Å². The fourth-order valence-corrected chi connectivity index (χ4v) is 2.53. The monoisotopic (exact) mass is 363 g/mol. The Hall–Kier alpha value is -1.55. The van der Waals surface area contributed by atoms with Crippen LogP contribution in [0.25, 0.3) is 0 Å². The minimum absolute atomic E-state index is 0. The quantitative estimate of drug-likeness (QED) is 0.731. The van der Waals surface area contributed by atoms with Gasteiger partial charge in [-0.15, -0.1) is 12.4 Å². The van der Waals surface area contributed by atoms with E-state index in [4.69, 9.17) is 4.74 Å². The van der Waals surface area contributed by atoms with E-state index in [0.29, 0.717) is 6.54 Å². The molecule has 0 heterocycles. The van der Waals surface area contributed by atoms with Crippen LogP contribution in [0.3, 0.4) is 0 Å². The summed E-state index contributed by atoms with van der Waals surface area (Å²) in [7, 11) is 0. The lowest BCUT2D eigenvalue weighted by atomic mass is 10.0. The van der Waals surface area contributed by atoms with Gasteiger partial charge in [0.25, 0.3) is 0 Å². The highest BCUT2D eigenvalue weighted by Crippen LogP contribution is 2.17. The SMILES string of the molecule is CCc1ccc(C(C)NCC(O)COc2ccc(C)c(C)c2)cc1.Cl. The van der Waals surface area contributed by atoms with Gasteiger partial charge in [0.1, 0.15) is 18.5 Å². The Kier molecular flexibility index (Phi) is 8.98. The number of aliphatic hydroxyl groups is 1. The lowest BCUT2D eigenvalue weighted by Gasteiger charge is -2.18. The maximum Gasteiger partial charge on any atom is 0.119 e. The first-order chi connectivity index (χ1) is 11.5. The summed E-state index contributed by atoms with van der Waals surface area (Å²) in [6.45, 7) is 9.19. The van der Waals surface area contributed by atoms with Gasteiger partial charge in [-0.3, -0.25) is 0 Å². The van der Waals surface area contributed by atoms with E-state index < -0.39 is 6.10 Å². The highest BCUT2D eigenvalue weighted by Gasteiger charge is 2.10. The summed E-state index contributed by atoms with van der Waals surface area (Å²) in [6.07, 6.45) is 0.514. The van der Waals surface area contributed by atoms with Crippen LogP contribution in [0.2, 0.25) is 0 Å². The van der Waals surface area contributed by atoms with E-state index >= 15 is 0 Å². The molecule has 0 saturated carbocycles. The van der Waals surface area contributed by atoms with E-state index in [9.17, 15) is 5.11 Å². The zero-order chi connectivity index (χ0) is 17.5. The van der Waals surface area contributed by atoms with Gasteiger partial charge in [-0.05, 0) is 61.6 Å². The number of ether oxygens (including phenoxy) is 1. The molecule has 0 fully saturated rings. The fraction of sp³-hybridized carbons (Fsp3) is 0.429. The summed E-state index contributed by atoms with van der Waals surface area (Å²) in [5.41, 5.74) is 5.01. The van der Waals surface area contributed by atoms with Crippen molar-refractivity contribution in [2.75, 3.05) is 13.2 Å². The van der Waals surface area contributed by atoms with Crippen molar-refractivity contribution in [2.24, 2.45) is 0 Å². The highest BCUT2D eigenvalue weighted by molar-refractivity contribution is 5.85. The van der Waals surface area contributed by atoms with Gasteiger partial charge in [-0.1, -0.05) is 37.3 Å². The molecule has 2 N–H and O–H groups in total. The summed E-state index contributed by atoms with van der Waals surface area (Å²) >= 11 is 0. The van der Waals surface area contributed by atoms with Crippen LogP contribution in [0, 0.1) is 13.8 Å². The van der Waals surface area contributed by atoms with E-state index in [1.165, 1.54) is 22.3 Å². The molecule has 138 valence electrons. The number of nitrogens with one attached hydrogen (secondary N) is 1. The first-order valence-electron chi connectivity index (χ1n) is 8.70. The van der Waals surface area contributed by atoms with Crippen molar-refractivity contribution < 1.29 is 9.84 Å². The molecule has 2 rings (SSSR count). The Morgan fingerprint density at radius 2 is 1.72 bits per heavy atom. The maximum absolute atomic E-state index is 10.1. The molecule has 2 unspecified atom stereocenters. The van der Waals surface area contributed by atoms with E-state index in [2.05, 4.69) is 57.3 Å². The molecule has 2 aromatic rings. The second kappa shape index (κ2) is 10.4. The van der Waals surface area contributed by atoms with Gasteiger partial charge < -0.3 is 15.2 Å². The Bertz CT molecular complexity index is 643. The molecule has 3 nitrogen and oxygen atoms in total. The topological polar surface area (TPSA) is 41.5 Å². The van der Waals surface area contributed by atoms with Crippen molar-refractivity contribution in [3.63, 3.8) is 0 Å². The van der Waals surface area contributed by atoms with Crippen molar-refractivity contribution >= 4 is 12.4 Å². The van der Waals surface area contributed by atoms with Crippen LogP contribution >= 0.6 is 12.4 Å². The molecular weight excluding hydrogens is 334 g/mol. The Morgan fingerprint density at radius 1 is 1.04 bits per heavy atom. The summed E-state index contributed by atoms with van der Waals surface area (Å²) < 4.78 is 5.68. The molecule has 0 saturated heterocycles. The van der Waals surface area contributed by atoms with Gasteiger partial charge >= 0.3 is 0 Å². The molecule has 4 heteroatoms. The van der Waals surface area contributed by atoms with E-state index in [1.54, 1.807) is 0 Å². The molecular formula is C21H30ClNO2. The average molecular weight is 364 g/mol. The molecule has 2 atom stereocenters. The minimum Gasteiger partial charge on any atom is -0.491 e. The average Bonchev–Trinajstić information content (AvgIpc) is 2.60. The molecule has 0 aliphatic rings. The summed E-state index contributed by atoms with van der Waals surface area (Å²) in [6, 6.07) is 14.8. The lowest BCUT2D eigenvalue weighted by Crippen LogP contribution is -2.33. The fourth-order valence-electron chi connectivity index (χ4n) is 2.53. The van der Waals surface area contributed by atoms with Gasteiger partial charge in [0.15, 0.2) is 0 Å². The number of rotatable bonds is 8. The number of hydrogen-bond donors (Lipinski definition) is 2. The molecule has 0 amide bonds. The Labute approximate surface area is 157 Å². The van der Waals surface area contributed by atoms with Crippen LogP contribution in [-0.2, 0) is 6.42 Å². The van der Waals surface area contributed by atoms with E-state index in [-0.39, 0.29) is 25.1 Å². The second-order valence-electron chi connectivity index (χ2n) is 6.44. The predicted molar refractivity (Wildman–Crippen MR) is 107 cm³/mol. The first kappa shape index (κ1) is 21.5. The van der Waals surface area contributed by atoms with Gasteiger partial charge in [-0.2, -0.15) is 0 Å². The van der Waals surface area contributed by atoms with Crippen molar-refractivity contribution in [3.05, 3.63) is 64.7 Å². The molecule has 0 spiro atoms. The number of halogens is 1. The normalized spacial score (nSPS) is 13.0. The van der Waals surface area contributed by atoms with Crippen molar-refractivity contribution in [1.29, 1.82) is 0 Å². The van der Waals surface area contributed by atoms with Crippen LogP contribution < -0.4 is 10.1 Å². The second-order valence-corrected chi connectivity index (χ2v) is 6.44. The third kappa shape index (κ3) is 6.69. The first-order valence-corrected chi connectivity index (χ1v) is 8.70. The molecule has 0 radical (unpaired) electrons. The van der Waals surface area contributed by atoms with E-state index in [1.807, 2.05) is 18.2 Å². The molecule has 0 aliphatic carbocycles. The Balaban J connectivity index is 0.00000312. The molecule has 25 heavy (non-hydrogen) atoms. The van der Waals surface area contributed by atoms with Crippen molar-refractivity contribution in [1.82, 2.24) is 5.32 Å². The number of aryl methyl sites for hydroxylation is 3. The zero-order valence-electron chi connectivity index (χ0n) is 15.6. The lowest BCUT2D eigenvalue weighted by molar-refractivity contribution is 0.104. The predicted octanol–water partition coefficient (Wildman–Crippen LogP) is 4.38. The van der Waals surface area contributed by atoms with Crippen LogP contribution in [0.15, 0.2) is 42.5 Å². The van der Waals surface area contributed by atoms with E-state index in [0.717, 1.165) is 12.2 Å². The number of benzene rings is 2.